The Labute approximate surface area is 133 Å². The molecule has 1 aromatic carbocycles. The SMILES string of the molecule is CCS(=O)(=O)Nc1cc(-n2nc(C)n(C(F)F)c2=O)c(F)cc1F. The normalized spacial score (nSPS) is 12.0. The van der Waals surface area contributed by atoms with Gasteiger partial charge in [0.05, 0.1) is 11.4 Å². The summed E-state index contributed by atoms with van der Waals surface area (Å²) in [5.41, 5.74) is -2.65. The van der Waals surface area contributed by atoms with Gasteiger partial charge in [0, 0.05) is 6.07 Å². The predicted octanol–water partition coefficient (Wildman–Crippen LogP) is 1.78. The molecule has 0 atom stereocenters. The van der Waals surface area contributed by atoms with E-state index in [0.717, 1.165) is 6.92 Å². The first-order valence-electron chi connectivity index (χ1n) is 6.53. The lowest BCUT2D eigenvalue weighted by atomic mass is 10.2. The highest BCUT2D eigenvalue weighted by Gasteiger charge is 2.22. The van der Waals surface area contributed by atoms with Gasteiger partial charge in [0.2, 0.25) is 10.0 Å². The summed E-state index contributed by atoms with van der Waals surface area (Å²) in [7, 11) is -3.88. The maximum absolute atomic E-state index is 13.9. The topological polar surface area (TPSA) is 86.0 Å². The van der Waals surface area contributed by atoms with Crippen molar-refractivity contribution < 1.29 is 26.0 Å². The number of anilines is 1. The van der Waals surface area contributed by atoms with E-state index >= 15 is 0 Å². The van der Waals surface area contributed by atoms with Crippen molar-refractivity contribution in [2.75, 3.05) is 10.5 Å². The number of sulfonamides is 1. The summed E-state index contributed by atoms with van der Waals surface area (Å²) in [5, 5.41) is 3.50. The van der Waals surface area contributed by atoms with E-state index < -0.39 is 51.1 Å². The smallest absolute Gasteiger partial charge is 0.281 e. The first kappa shape index (κ1) is 18.0. The van der Waals surface area contributed by atoms with Crippen molar-refractivity contribution in [3.05, 3.63) is 40.1 Å². The van der Waals surface area contributed by atoms with Crippen LogP contribution in [-0.2, 0) is 10.0 Å². The minimum atomic E-state index is -3.88. The van der Waals surface area contributed by atoms with Gasteiger partial charge in [-0.05, 0) is 19.9 Å². The molecule has 0 aliphatic carbocycles. The number of alkyl halides is 2. The Morgan fingerprint density at radius 2 is 1.88 bits per heavy atom. The third-order valence-electron chi connectivity index (χ3n) is 3.09. The van der Waals surface area contributed by atoms with Crippen LogP contribution in [0.4, 0.5) is 23.2 Å². The molecule has 1 N–H and O–H groups in total. The van der Waals surface area contributed by atoms with Gasteiger partial charge in [0.1, 0.15) is 17.3 Å². The number of halogens is 4. The third-order valence-corrected chi connectivity index (χ3v) is 4.38. The molecule has 1 aromatic heterocycles. The lowest BCUT2D eigenvalue weighted by molar-refractivity contribution is 0.0640. The van der Waals surface area contributed by atoms with Crippen LogP contribution in [0.2, 0.25) is 0 Å². The van der Waals surface area contributed by atoms with Crippen LogP contribution >= 0.6 is 0 Å². The molecule has 0 unspecified atom stereocenters. The van der Waals surface area contributed by atoms with Crippen LogP contribution in [0.15, 0.2) is 16.9 Å². The maximum Gasteiger partial charge on any atom is 0.355 e. The van der Waals surface area contributed by atoms with E-state index in [2.05, 4.69) is 5.10 Å². The molecule has 0 radical (unpaired) electrons. The predicted molar refractivity (Wildman–Crippen MR) is 76.8 cm³/mol. The molecule has 0 aliphatic rings. The Morgan fingerprint density at radius 1 is 1.25 bits per heavy atom. The number of nitrogens with zero attached hydrogens (tertiary/aromatic N) is 3. The van der Waals surface area contributed by atoms with Crippen LogP contribution in [0.3, 0.4) is 0 Å². The van der Waals surface area contributed by atoms with Gasteiger partial charge in [-0.25, -0.2) is 26.6 Å². The second-order valence-electron chi connectivity index (χ2n) is 4.68. The third kappa shape index (κ3) is 3.27. The number of nitrogens with one attached hydrogen (secondary N) is 1. The molecule has 0 spiro atoms. The zero-order chi connectivity index (χ0) is 18.2. The summed E-state index contributed by atoms with van der Waals surface area (Å²) in [6.45, 7) is -0.803. The average molecular weight is 368 g/mol. The zero-order valence-corrected chi connectivity index (χ0v) is 13.2. The zero-order valence-electron chi connectivity index (χ0n) is 12.4. The molecule has 0 amide bonds. The lowest BCUT2D eigenvalue weighted by Crippen LogP contribution is -2.25. The molecule has 0 bridgehead atoms. The largest absolute Gasteiger partial charge is 0.355 e. The Kier molecular flexibility index (Phi) is 4.69. The number of aromatic nitrogens is 3. The van der Waals surface area contributed by atoms with Crippen LogP contribution in [0.25, 0.3) is 5.69 Å². The molecule has 1 heterocycles. The summed E-state index contributed by atoms with van der Waals surface area (Å²) in [6.07, 6.45) is 0. The summed E-state index contributed by atoms with van der Waals surface area (Å²) in [4.78, 5) is 11.9. The van der Waals surface area contributed by atoms with Gasteiger partial charge in [0.25, 0.3) is 0 Å². The van der Waals surface area contributed by atoms with Gasteiger partial charge in [-0.1, -0.05) is 0 Å². The summed E-state index contributed by atoms with van der Waals surface area (Å²) < 4.78 is 78.5. The van der Waals surface area contributed by atoms with Crippen molar-refractivity contribution in [3.8, 4) is 5.69 Å². The van der Waals surface area contributed by atoms with Gasteiger partial charge in [-0.15, -0.1) is 5.10 Å². The first-order chi connectivity index (χ1) is 11.1. The standard InChI is InChI=1S/C12H12F4N4O3S/c1-3-24(22,23)18-9-5-10(8(14)4-7(9)13)20-12(21)19(11(15)16)6(2)17-20/h4-5,11,18H,3H2,1-2H3. The van der Waals surface area contributed by atoms with Gasteiger partial charge in [0.15, 0.2) is 5.82 Å². The van der Waals surface area contributed by atoms with Crippen molar-refractivity contribution in [1.82, 2.24) is 14.3 Å². The second-order valence-corrected chi connectivity index (χ2v) is 6.69. The van der Waals surface area contributed by atoms with Gasteiger partial charge < -0.3 is 0 Å². The molecular weight excluding hydrogens is 356 g/mol. The summed E-state index contributed by atoms with van der Waals surface area (Å²) in [5.74, 6) is -3.27. The van der Waals surface area contributed by atoms with E-state index in [0.29, 0.717) is 16.8 Å². The first-order valence-corrected chi connectivity index (χ1v) is 8.18. The Bertz CT molecular complexity index is 937. The highest BCUT2D eigenvalue weighted by molar-refractivity contribution is 7.92. The molecule has 7 nitrogen and oxygen atoms in total. The van der Waals surface area contributed by atoms with E-state index in [1.54, 1.807) is 0 Å². The highest BCUT2D eigenvalue weighted by atomic mass is 32.2. The number of hydrogen-bond donors (Lipinski definition) is 1. The maximum atomic E-state index is 13.9. The van der Waals surface area contributed by atoms with Crippen LogP contribution < -0.4 is 10.4 Å². The van der Waals surface area contributed by atoms with Crippen molar-refractivity contribution in [3.63, 3.8) is 0 Å². The summed E-state index contributed by atoms with van der Waals surface area (Å²) in [6, 6.07) is 0.994. The van der Waals surface area contributed by atoms with Gasteiger partial charge in [-0.2, -0.15) is 13.5 Å². The van der Waals surface area contributed by atoms with Crippen LogP contribution in [0, 0.1) is 18.6 Å². The Morgan fingerprint density at radius 3 is 2.38 bits per heavy atom. The number of rotatable bonds is 5. The molecular formula is C12H12F4N4O3S. The van der Waals surface area contributed by atoms with E-state index in [-0.39, 0.29) is 10.3 Å². The van der Waals surface area contributed by atoms with E-state index in [9.17, 15) is 30.8 Å². The van der Waals surface area contributed by atoms with Gasteiger partial charge >= 0.3 is 12.2 Å². The molecule has 24 heavy (non-hydrogen) atoms. The molecule has 0 saturated carbocycles. The van der Waals surface area contributed by atoms with Crippen molar-refractivity contribution in [2.45, 2.75) is 20.4 Å². The van der Waals surface area contributed by atoms with E-state index in [1.807, 2.05) is 4.72 Å². The van der Waals surface area contributed by atoms with Crippen LogP contribution in [0.5, 0.6) is 0 Å². The quantitative estimate of drug-likeness (QED) is 0.815. The minimum absolute atomic E-state index is 0.0126. The molecule has 0 aliphatic heterocycles. The fourth-order valence-corrected chi connectivity index (χ4v) is 2.51. The fraction of sp³-hybridized carbons (Fsp3) is 0.333. The molecule has 0 fully saturated rings. The highest BCUT2D eigenvalue weighted by Crippen LogP contribution is 2.23. The minimum Gasteiger partial charge on any atom is -0.281 e. The number of aryl methyl sites for hydroxylation is 1. The number of hydrogen-bond acceptors (Lipinski definition) is 4. The Balaban J connectivity index is 2.64. The van der Waals surface area contributed by atoms with Gasteiger partial charge in [-0.3, -0.25) is 4.72 Å². The molecule has 2 aromatic rings. The summed E-state index contributed by atoms with van der Waals surface area (Å²) >= 11 is 0. The molecule has 132 valence electrons. The molecule has 0 saturated heterocycles. The van der Waals surface area contributed by atoms with E-state index in [4.69, 9.17) is 0 Å². The monoisotopic (exact) mass is 368 g/mol. The Hall–Kier alpha value is -2.37. The second kappa shape index (κ2) is 6.26. The lowest BCUT2D eigenvalue weighted by Gasteiger charge is -2.10. The van der Waals surface area contributed by atoms with Crippen molar-refractivity contribution >= 4 is 15.7 Å². The molecule has 2 rings (SSSR count). The van der Waals surface area contributed by atoms with Crippen LogP contribution in [0.1, 0.15) is 19.3 Å². The number of benzene rings is 1. The van der Waals surface area contributed by atoms with Crippen molar-refractivity contribution in [1.29, 1.82) is 0 Å². The van der Waals surface area contributed by atoms with E-state index in [1.165, 1.54) is 6.92 Å². The van der Waals surface area contributed by atoms with Crippen molar-refractivity contribution in [2.24, 2.45) is 0 Å². The molecule has 12 heteroatoms. The van der Waals surface area contributed by atoms with Crippen LogP contribution in [-0.4, -0.2) is 28.5 Å². The fourth-order valence-electron chi connectivity index (χ4n) is 1.88. The average Bonchev–Trinajstić information content (AvgIpc) is 2.76.